The Morgan fingerprint density at radius 3 is 2.54 bits per heavy atom. The number of ether oxygens (including phenoxy) is 1. The van der Waals surface area contributed by atoms with Gasteiger partial charge in [-0.1, -0.05) is 11.6 Å². The van der Waals surface area contributed by atoms with Crippen molar-refractivity contribution in [1.82, 2.24) is 9.88 Å². The van der Waals surface area contributed by atoms with Crippen LogP contribution in [-0.2, 0) is 4.74 Å². The van der Waals surface area contributed by atoms with Crippen molar-refractivity contribution in [3.05, 3.63) is 35.5 Å². The first-order valence-corrected chi connectivity index (χ1v) is 8.48. The molecule has 0 spiro atoms. The molecular formula is C18H22ClN3O2. The number of pyridine rings is 1. The van der Waals surface area contributed by atoms with Crippen molar-refractivity contribution in [2.75, 3.05) is 31.1 Å². The normalized spacial score (nSPS) is 15.7. The van der Waals surface area contributed by atoms with Gasteiger partial charge < -0.3 is 14.5 Å². The summed E-state index contributed by atoms with van der Waals surface area (Å²) in [6.45, 7) is 8.47. The van der Waals surface area contributed by atoms with Gasteiger partial charge >= 0.3 is 6.09 Å². The molecule has 1 aromatic carbocycles. The smallest absolute Gasteiger partial charge is 0.410 e. The van der Waals surface area contributed by atoms with Crippen LogP contribution in [0.4, 0.5) is 10.5 Å². The van der Waals surface area contributed by atoms with Crippen molar-refractivity contribution in [1.29, 1.82) is 0 Å². The second-order valence-corrected chi connectivity index (χ2v) is 7.38. The van der Waals surface area contributed by atoms with Crippen molar-refractivity contribution in [3.63, 3.8) is 0 Å². The summed E-state index contributed by atoms with van der Waals surface area (Å²) in [5.41, 5.74) is 1.55. The Kier molecular flexibility index (Phi) is 4.54. The highest BCUT2D eigenvalue weighted by Gasteiger charge is 2.26. The van der Waals surface area contributed by atoms with E-state index >= 15 is 0 Å². The Balaban J connectivity index is 1.72. The number of hydrogen-bond donors (Lipinski definition) is 0. The third-order valence-electron chi connectivity index (χ3n) is 3.95. The van der Waals surface area contributed by atoms with Crippen LogP contribution in [0.5, 0.6) is 0 Å². The lowest BCUT2D eigenvalue weighted by atomic mass is 10.1. The van der Waals surface area contributed by atoms with Gasteiger partial charge in [0.15, 0.2) is 0 Å². The Bertz CT molecular complexity index is 750. The van der Waals surface area contributed by atoms with Gasteiger partial charge in [-0.05, 0) is 45.0 Å². The van der Waals surface area contributed by atoms with Gasteiger partial charge in [0.2, 0.25) is 0 Å². The van der Waals surface area contributed by atoms with E-state index in [1.54, 1.807) is 11.1 Å². The second-order valence-electron chi connectivity index (χ2n) is 6.95. The highest BCUT2D eigenvalue weighted by atomic mass is 35.5. The molecule has 0 N–H and O–H groups in total. The maximum atomic E-state index is 12.2. The summed E-state index contributed by atoms with van der Waals surface area (Å²) in [4.78, 5) is 20.6. The van der Waals surface area contributed by atoms with Crippen LogP contribution in [0.15, 0.2) is 30.5 Å². The lowest BCUT2D eigenvalue weighted by Crippen LogP contribution is -2.50. The summed E-state index contributed by atoms with van der Waals surface area (Å²) >= 11 is 6.05. The summed E-state index contributed by atoms with van der Waals surface area (Å²) in [5.74, 6) is 0. The molecule has 1 amide bonds. The molecule has 0 saturated carbocycles. The summed E-state index contributed by atoms with van der Waals surface area (Å²) in [6.07, 6.45) is 1.56. The third-order valence-corrected chi connectivity index (χ3v) is 4.19. The minimum absolute atomic E-state index is 0.242. The number of piperazine rings is 1. The Labute approximate surface area is 147 Å². The summed E-state index contributed by atoms with van der Waals surface area (Å²) in [5, 5.41) is 1.76. The molecule has 0 atom stereocenters. The van der Waals surface area contributed by atoms with E-state index in [0.29, 0.717) is 18.1 Å². The van der Waals surface area contributed by atoms with Crippen molar-refractivity contribution in [2.45, 2.75) is 26.4 Å². The van der Waals surface area contributed by atoms with Crippen LogP contribution in [0.2, 0.25) is 5.02 Å². The van der Waals surface area contributed by atoms with E-state index in [4.69, 9.17) is 16.3 Å². The number of carbonyl (C=O) groups excluding carboxylic acids is 1. The molecule has 24 heavy (non-hydrogen) atoms. The fraction of sp³-hybridized carbons (Fsp3) is 0.444. The highest BCUT2D eigenvalue weighted by molar-refractivity contribution is 6.31. The fourth-order valence-corrected chi connectivity index (χ4v) is 3.00. The molecule has 0 unspecified atom stereocenters. The largest absolute Gasteiger partial charge is 0.444 e. The van der Waals surface area contributed by atoms with Crippen LogP contribution in [-0.4, -0.2) is 47.8 Å². The molecular weight excluding hydrogens is 326 g/mol. The second kappa shape index (κ2) is 6.48. The molecule has 1 fully saturated rings. The van der Waals surface area contributed by atoms with E-state index in [1.807, 2.05) is 45.0 Å². The number of amides is 1. The van der Waals surface area contributed by atoms with Gasteiger partial charge in [0.05, 0.1) is 5.52 Å². The number of anilines is 1. The quantitative estimate of drug-likeness (QED) is 0.783. The Hall–Kier alpha value is -2.01. The van der Waals surface area contributed by atoms with E-state index in [0.717, 1.165) is 29.7 Å². The first-order valence-electron chi connectivity index (χ1n) is 8.11. The molecule has 1 aliphatic heterocycles. The van der Waals surface area contributed by atoms with E-state index in [2.05, 4.69) is 9.88 Å². The average molecular weight is 348 g/mol. The lowest BCUT2D eigenvalue weighted by molar-refractivity contribution is 0.0240. The molecule has 5 nitrogen and oxygen atoms in total. The molecule has 6 heteroatoms. The van der Waals surface area contributed by atoms with Gasteiger partial charge in [-0.15, -0.1) is 0 Å². The van der Waals surface area contributed by atoms with E-state index in [-0.39, 0.29) is 6.09 Å². The lowest BCUT2D eigenvalue weighted by Gasteiger charge is -2.37. The van der Waals surface area contributed by atoms with E-state index in [9.17, 15) is 4.79 Å². The number of halogens is 1. The molecule has 1 aromatic heterocycles. The van der Waals surface area contributed by atoms with Crippen LogP contribution < -0.4 is 4.90 Å². The first-order chi connectivity index (χ1) is 11.3. The maximum Gasteiger partial charge on any atom is 0.410 e. The Morgan fingerprint density at radius 1 is 1.17 bits per heavy atom. The van der Waals surface area contributed by atoms with E-state index < -0.39 is 5.60 Å². The SMILES string of the molecule is CC(C)(C)OC(=O)N1CCN(c2ccnc3cc(Cl)ccc23)CC1. The molecule has 128 valence electrons. The van der Waals surface area contributed by atoms with Crippen LogP contribution in [0.25, 0.3) is 10.9 Å². The zero-order chi connectivity index (χ0) is 17.3. The minimum Gasteiger partial charge on any atom is -0.444 e. The van der Waals surface area contributed by atoms with E-state index in [1.165, 1.54) is 0 Å². The predicted molar refractivity (Wildman–Crippen MR) is 96.8 cm³/mol. The Morgan fingerprint density at radius 2 is 1.88 bits per heavy atom. The monoisotopic (exact) mass is 347 g/mol. The van der Waals surface area contributed by atoms with Crippen LogP contribution in [0.3, 0.4) is 0 Å². The van der Waals surface area contributed by atoms with Gasteiger partial charge in [0, 0.05) is 48.5 Å². The van der Waals surface area contributed by atoms with Gasteiger partial charge in [-0.3, -0.25) is 4.98 Å². The number of rotatable bonds is 1. The number of nitrogens with zero attached hydrogens (tertiary/aromatic N) is 3. The molecule has 1 saturated heterocycles. The molecule has 1 aliphatic rings. The van der Waals surface area contributed by atoms with Crippen molar-refractivity contribution in [3.8, 4) is 0 Å². The zero-order valence-corrected chi connectivity index (χ0v) is 15.0. The molecule has 2 aromatic rings. The molecule has 0 aliphatic carbocycles. The summed E-state index contributed by atoms with van der Waals surface area (Å²) in [6, 6.07) is 7.77. The topological polar surface area (TPSA) is 45.7 Å². The van der Waals surface area contributed by atoms with Crippen LogP contribution >= 0.6 is 11.6 Å². The van der Waals surface area contributed by atoms with Gasteiger partial charge in [-0.25, -0.2) is 4.79 Å². The minimum atomic E-state index is -0.464. The first kappa shape index (κ1) is 16.8. The fourth-order valence-electron chi connectivity index (χ4n) is 2.84. The average Bonchev–Trinajstić information content (AvgIpc) is 2.52. The molecule has 2 heterocycles. The van der Waals surface area contributed by atoms with Crippen molar-refractivity contribution >= 4 is 34.3 Å². The van der Waals surface area contributed by atoms with Crippen LogP contribution in [0, 0.1) is 0 Å². The number of aromatic nitrogens is 1. The predicted octanol–water partition coefficient (Wildman–Crippen LogP) is 3.95. The summed E-state index contributed by atoms with van der Waals surface area (Å²) < 4.78 is 5.45. The van der Waals surface area contributed by atoms with Crippen molar-refractivity contribution in [2.24, 2.45) is 0 Å². The van der Waals surface area contributed by atoms with Gasteiger partial charge in [0.25, 0.3) is 0 Å². The number of benzene rings is 1. The zero-order valence-electron chi connectivity index (χ0n) is 14.3. The highest BCUT2D eigenvalue weighted by Crippen LogP contribution is 2.28. The van der Waals surface area contributed by atoms with Gasteiger partial charge in [-0.2, -0.15) is 0 Å². The molecule has 0 bridgehead atoms. The maximum absolute atomic E-state index is 12.2. The number of fused-ring (bicyclic) bond motifs is 1. The van der Waals surface area contributed by atoms with Crippen LogP contribution in [0.1, 0.15) is 20.8 Å². The molecule has 0 radical (unpaired) electrons. The van der Waals surface area contributed by atoms with Crippen molar-refractivity contribution < 1.29 is 9.53 Å². The summed E-state index contributed by atoms with van der Waals surface area (Å²) in [7, 11) is 0. The standard InChI is InChI=1S/C18H22ClN3O2/c1-18(2,3)24-17(23)22-10-8-21(9-11-22)16-6-7-20-15-12-13(19)4-5-14(15)16/h4-7,12H,8-11H2,1-3H3. The third kappa shape index (κ3) is 3.73. The number of hydrogen-bond acceptors (Lipinski definition) is 4. The van der Waals surface area contributed by atoms with Gasteiger partial charge in [0.1, 0.15) is 5.60 Å². The molecule has 3 rings (SSSR count). The number of carbonyl (C=O) groups is 1.